The maximum absolute atomic E-state index is 12.2. The summed E-state index contributed by atoms with van der Waals surface area (Å²) in [7, 11) is 0. The molecule has 1 fully saturated rings. The number of ether oxygens (including phenoxy) is 2. The van der Waals surface area contributed by atoms with E-state index in [-0.39, 0.29) is 5.57 Å². The Morgan fingerprint density at radius 2 is 0.952 bits per heavy atom. The van der Waals surface area contributed by atoms with Gasteiger partial charge in [-0.15, -0.1) is 0 Å². The average molecular weight is 585 g/mol. The summed E-state index contributed by atoms with van der Waals surface area (Å²) in [5.74, 6) is -0.135. The quantitative estimate of drug-likeness (QED) is 0.0679. The van der Waals surface area contributed by atoms with E-state index in [0.717, 1.165) is 25.7 Å². The summed E-state index contributed by atoms with van der Waals surface area (Å²) < 4.78 is 12.3. The molecule has 2 N–H and O–H groups in total. The number of benzene rings is 1. The Kier molecular flexibility index (Phi) is 19.1. The summed E-state index contributed by atoms with van der Waals surface area (Å²) >= 11 is 0. The van der Waals surface area contributed by atoms with E-state index in [4.69, 9.17) is 9.47 Å². The van der Waals surface area contributed by atoms with E-state index in [1.165, 1.54) is 109 Å². The van der Waals surface area contributed by atoms with Crippen molar-refractivity contribution in [2.45, 2.75) is 142 Å². The van der Waals surface area contributed by atoms with Crippen molar-refractivity contribution in [1.82, 2.24) is 10.6 Å². The molecule has 1 aliphatic rings. The summed E-state index contributed by atoms with van der Waals surface area (Å²) in [6.45, 7) is 5.71. The van der Waals surface area contributed by atoms with Crippen molar-refractivity contribution in [3.05, 3.63) is 29.3 Å². The largest absolute Gasteiger partial charge is 0.490 e. The molecule has 1 aromatic carbocycles. The Morgan fingerprint density at radius 1 is 0.548 bits per heavy atom. The van der Waals surface area contributed by atoms with Crippen molar-refractivity contribution in [2.75, 3.05) is 13.2 Å². The number of carbonyl (C=O) groups is 3. The number of hydrogen-bond donors (Lipinski definition) is 2. The lowest BCUT2D eigenvalue weighted by atomic mass is 10.1. The standard InChI is InChI=1S/C35H56N2O5/c1-3-5-7-9-11-13-15-17-19-21-25-41-31-24-23-29(27-30-33(38)36-35(40)37-34(30)39)28-32(31)42-26-22-20-18-16-14-12-10-8-6-4-2/h23-24,27-28H,3-22,25-26H2,1-2H3,(H2,36,37,38,39,40). The van der Waals surface area contributed by atoms with Crippen LogP contribution in [0.3, 0.4) is 0 Å². The van der Waals surface area contributed by atoms with Crippen molar-refractivity contribution < 1.29 is 23.9 Å². The lowest BCUT2D eigenvalue weighted by molar-refractivity contribution is -0.123. The Labute approximate surface area is 254 Å². The van der Waals surface area contributed by atoms with Crippen LogP contribution >= 0.6 is 0 Å². The van der Waals surface area contributed by atoms with Gasteiger partial charge in [0, 0.05) is 0 Å². The first-order chi connectivity index (χ1) is 20.5. The molecule has 1 aliphatic heterocycles. The summed E-state index contributed by atoms with van der Waals surface area (Å²) in [5, 5.41) is 4.22. The van der Waals surface area contributed by atoms with Crippen LogP contribution in [0.2, 0.25) is 0 Å². The van der Waals surface area contributed by atoms with E-state index in [9.17, 15) is 14.4 Å². The molecule has 4 amide bonds. The number of hydrogen-bond acceptors (Lipinski definition) is 5. The third kappa shape index (κ3) is 15.4. The molecule has 0 aromatic heterocycles. The Balaban J connectivity index is 1.82. The van der Waals surface area contributed by atoms with Gasteiger partial charge in [0.05, 0.1) is 13.2 Å². The molecule has 7 heteroatoms. The highest BCUT2D eigenvalue weighted by Gasteiger charge is 2.27. The topological polar surface area (TPSA) is 93.7 Å². The van der Waals surface area contributed by atoms with E-state index < -0.39 is 17.8 Å². The number of amides is 4. The van der Waals surface area contributed by atoms with Crippen LogP contribution in [0.4, 0.5) is 4.79 Å². The van der Waals surface area contributed by atoms with Crippen LogP contribution in [0.15, 0.2) is 23.8 Å². The zero-order chi connectivity index (χ0) is 30.3. The van der Waals surface area contributed by atoms with E-state index in [1.807, 2.05) is 6.07 Å². The van der Waals surface area contributed by atoms with Gasteiger partial charge in [0.25, 0.3) is 11.8 Å². The molecule has 0 spiro atoms. The second-order valence-electron chi connectivity index (χ2n) is 11.6. The van der Waals surface area contributed by atoms with Gasteiger partial charge in [-0.1, -0.05) is 135 Å². The van der Waals surface area contributed by atoms with Gasteiger partial charge in [-0.2, -0.15) is 0 Å². The molecule has 0 saturated carbocycles. The zero-order valence-corrected chi connectivity index (χ0v) is 26.4. The van der Waals surface area contributed by atoms with Crippen LogP contribution in [-0.4, -0.2) is 31.1 Å². The maximum atomic E-state index is 12.2. The predicted octanol–water partition coefficient (Wildman–Crippen LogP) is 9.04. The van der Waals surface area contributed by atoms with Gasteiger partial charge >= 0.3 is 6.03 Å². The minimum Gasteiger partial charge on any atom is -0.490 e. The van der Waals surface area contributed by atoms with E-state index in [2.05, 4.69) is 24.5 Å². The van der Waals surface area contributed by atoms with Gasteiger partial charge < -0.3 is 9.47 Å². The Hall–Kier alpha value is -2.83. The molecule has 7 nitrogen and oxygen atoms in total. The van der Waals surface area contributed by atoms with Crippen LogP contribution in [-0.2, 0) is 9.59 Å². The minimum atomic E-state index is -0.807. The second kappa shape index (κ2) is 22.7. The number of unbranched alkanes of at least 4 members (excludes halogenated alkanes) is 18. The second-order valence-corrected chi connectivity index (χ2v) is 11.6. The Morgan fingerprint density at radius 3 is 1.40 bits per heavy atom. The molecule has 0 aliphatic carbocycles. The fourth-order valence-corrected chi connectivity index (χ4v) is 5.16. The fourth-order valence-electron chi connectivity index (χ4n) is 5.16. The Bertz CT molecular complexity index is 937. The van der Waals surface area contributed by atoms with Gasteiger partial charge in [-0.05, 0) is 36.6 Å². The van der Waals surface area contributed by atoms with Crippen LogP contribution in [0.25, 0.3) is 6.08 Å². The molecule has 1 heterocycles. The molecule has 236 valence electrons. The number of imide groups is 2. The SMILES string of the molecule is CCCCCCCCCCCCOc1ccc(C=C2C(=O)NC(=O)NC2=O)cc1OCCCCCCCCCCCC. The van der Waals surface area contributed by atoms with Crippen LogP contribution in [0.1, 0.15) is 148 Å². The highest BCUT2D eigenvalue weighted by Crippen LogP contribution is 2.30. The molecule has 1 saturated heterocycles. The van der Waals surface area contributed by atoms with Gasteiger partial charge in [-0.25, -0.2) is 4.79 Å². The molecular formula is C35H56N2O5. The lowest BCUT2D eigenvalue weighted by Crippen LogP contribution is -2.51. The van der Waals surface area contributed by atoms with Gasteiger partial charge in [0.15, 0.2) is 11.5 Å². The molecule has 0 unspecified atom stereocenters. The molecule has 42 heavy (non-hydrogen) atoms. The van der Waals surface area contributed by atoms with Crippen molar-refractivity contribution in [1.29, 1.82) is 0 Å². The van der Waals surface area contributed by atoms with Crippen LogP contribution < -0.4 is 20.1 Å². The smallest absolute Gasteiger partial charge is 0.328 e. The van der Waals surface area contributed by atoms with E-state index in [1.54, 1.807) is 12.1 Å². The maximum Gasteiger partial charge on any atom is 0.328 e. The van der Waals surface area contributed by atoms with E-state index in [0.29, 0.717) is 30.3 Å². The van der Waals surface area contributed by atoms with Gasteiger partial charge in [-0.3, -0.25) is 20.2 Å². The number of rotatable bonds is 25. The number of carbonyl (C=O) groups excluding carboxylic acids is 3. The van der Waals surface area contributed by atoms with E-state index >= 15 is 0 Å². The first-order valence-corrected chi connectivity index (χ1v) is 16.8. The summed E-state index contributed by atoms with van der Waals surface area (Å²) in [5.41, 5.74) is 0.517. The summed E-state index contributed by atoms with van der Waals surface area (Å²) in [4.78, 5) is 35.7. The van der Waals surface area contributed by atoms with Crippen molar-refractivity contribution in [3.63, 3.8) is 0 Å². The molecule has 0 bridgehead atoms. The van der Waals surface area contributed by atoms with Crippen molar-refractivity contribution in [3.8, 4) is 11.5 Å². The average Bonchev–Trinajstić information content (AvgIpc) is 2.97. The third-order valence-corrected chi connectivity index (χ3v) is 7.73. The molecule has 1 aromatic rings. The van der Waals surface area contributed by atoms with Gasteiger partial charge in [0.2, 0.25) is 0 Å². The van der Waals surface area contributed by atoms with Crippen LogP contribution in [0.5, 0.6) is 11.5 Å². The lowest BCUT2D eigenvalue weighted by Gasteiger charge is -2.16. The number of barbiturate groups is 1. The molecule has 2 rings (SSSR count). The highest BCUT2D eigenvalue weighted by atomic mass is 16.5. The summed E-state index contributed by atoms with van der Waals surface area (Å²) in [6.07, 6.45) is 26.8. The highest BCUT2D eigenvalue weighted by molar-refractivity contribution is 6.31. The summed E-state index contributed by atoms with van der Waals surface area (Å²) in [6, 6.07) is 4.62. The predicted molar refractivity (Wildman–Crippen MR) is 171 cm³/mol. The first kappa shape index (κ1) is 35.4. The number of nitrogens with one attached hydrogen (secondary N) is 2. The molecular weight excluding hydrogens is 528 g/mol. The monoisotopic (exact) mass is 584 g/mol. The first-order valence-electron chi connectivity index (χ1n) is 16.8. The normalized spacial score (nSPS) is 13.2. The zero-order valence-electron chi connectivity index (χ0n) is 26.4. The fraction of sp³-hybridized carbons (Fsp3) is 0.686. The minimum absolute atomic E-state index is 0.116. The van der Waals surface area contributed by atoms with Gasteiger partial charge in [0.1, 0.15) is 5.57 Å². The molecule has 0 atom stereocenters. The molecule has 0 radical (unpaired) electrons. The van der Waals surface area contributed by atoms with Crippen molar-refractivity contribution >= 4 is 23.9 Å². The van der Waals surface area contributed by atoms with Crippen LogP contribution in [0, 0.1) is 0 Å². The third-order valence-electron chi connectivity index (χ3n) is 7.73. The van der Waals surface area contributed by atoms with Crippen molar-refractivity contribution in [2.24, 2.45) is 0 Å². The number of urea groups is 1.